The van der Waals surface area contributed by atoms with Crippen molar-refractivity contribution in [2.24, 2.45) is 5.92 Å². The number of anilines is 1. The molecular weight excluding hydrogens is 655 g/mol. The molecular formula is C35H48F3N7O5. The van der Waals surface area contributed by atoms with Gasteiger partial charge in [0.05, 0.1) is 5.69 Å². The number of allylic oxidation sites excluding steroid dienone is 1. The molecule has 1 aromatic heterocycles. The number of nitrogens with one attached hydrogen (secondary N) is 3. The van der Waals surface area contributed by atoms with Gasteiger partial charge < -0.3 is 30.5 Å². The van der Waals surface area contributed by atoms with Crippen molar-refractivity contribution in [3.05, 3.63) is 59.2 Å². The van der Waals surface area contributed by atoms with Gasteiger partial charge in [0.2, 0.25) is 17.7 Å². The quantitative estimate of drug-likeness (QED) is 0.303. The number of halogens is 3. The standard InChI is InChI=1S/C35H48F3N7O5/c1-20(2)45-28(13-14-39-45)33(47)42-31(23-7-9-24(10-8-23)32(37)38)34(48)40-27-12-11-25(17-26(27)36)22(4)30(41-29(46)19-50-6)35(49)44-16-15-43(5)21(3)18-44/h11-14,17,20-23,30-31H,7-10,15-16,18-19H2,1-6H3,(H,40,48)(H,41,46)(H,42,47)/t21-,22+,30-,31?/m1/s1. The summed E-state index contributed by atoms with van der Waals surface area (Å²) in [7, 11) is 3.35. The van der Waals surface area contributed by atoms with E-state index in [0.29, 0.717) is 25.2 Å². The molecule has 2 fully saturated rings. The summed E-state index contributed by atoms with van der Waals surface area (Å²) in [4.78, 5) is 57.2. The summed E-state index contributed by atoms with van der Waals surface area (Å²) in [5, 5.41) is 12.3. The van der Waals surface area contributed by atoms with Gasteiger partial charge in [0.15, 0.2) is 0 Å². The maximum Gasteiger partial charge on any atom is 0.270 e. The monoisotopic (exact) mass is 703 g/mol. The second kappa shape index (κ2) is 17.1. The molecule has 1 aromatic carbocycles. The first kappa shape index (κ1) is 38.6. The molecule has 3 N–H and O–H groups in total. The third kappa shape index (κ3) is 9.30. The fourth-order valence-electron chi connectivity index (χ4n) is 6.54. The van der Waals surface area contributed by atoms with Crippen molar-refractivity contribution in [2.45, 2.75) is 83.5 Å². The van der Waals surface area contributed by atoms with Crippen LogP contribution in [0.3, 0.4) is 0 Å². The molecule has 12 nitrogen and oxygen atoms in total. The van der Waals surface area contributed by atoms with E-state index in [-0.39, 0.29) is 67.2 Å². The first-order valence-electron chi connectivity index (χ1n) is 17.0. The Morgan fingerprint density at radius 1 is 1.04 bits per heavy atom. The van der Waals surface area contributed by atoms with Crippen LogP contribution in [0.15, 0.2) is 42.1 Å². The summed E-state index contributed by atoms with van der Waals surface area (Å²) in [6.07, 6.45) is 0.339. The minimum absolute atomic E-state index is 0.0257. The molecule has 0 spiro atoms. The minimum atomic E-state index is -1.73. The molecule has 1 unspecified atom stereocenters. The molecule has 1 aliphatic carbocycles. The fourth-order valence-corrected chi connectivity index (χ4v) is 6.54. The number of likely N-dealkylation sites (N-methyl/N-ethyl adjacent to an activating group) is 1. The second-order valence-corrected chi connectivity index (χ2v) is 13.5. The van der Waals surface area contributed by atoms with E-state index >= 15 is 4.39 Å². The number of nitrogens with zero attached hydrogens (tertiary/aromatic N) is 4. The third-order valence-electron chi connectivity index (χ3n) is 9.74. The molecule has 274 valence electrons. The van der Waals surface area contributed by atoms with Gasteiger partial charge in [-0.25, -0.2) is 4.39 Å². The van der Waals surface area contributed by atoms with Crippen LogP contribution in [-0.4, -0.2) is 102 Å². The van der Waals surface area contributed by atoms with Crippen molar-refractivity contribution in [3.8, 4) is 0 Å². The number of carbonyl (C=O) groups is 4. The average molecular weight is 704 g/mol. The number of hydrogen-bond acceptors (Lipinski definition) is 7. The highest BCUT2D eigenvalue weighted by Crippen LogP contribution is 2.34. The van der Waals surface area contributed by atoms with Gasteiger partial charge in [-0.15, -0.1) is 0 Å². The Morgan fingerprint density at radius 3 is 2.34 bits per heavy atom. The number of methoxy groups -OCH3 is 1. The molecule has 0 radical (unpaired) electrons. The van der Waals surface area contributed by atoms with E-state index in [1.165, 1.54) is 36.2 Å². The van der Waals surface area contributed by atoms with Crippen LogP contribution in [0, 0.1) is 11.7 Å². The molecule has 4 rings (SSSR count). The van der Waals surface area contributed by atoms with Gasteiger partial charge in [-0.3, -0.25) is 23.9 Å². The van der Waals surface area contributed by atoms with Gasteiger partial charge in [-0.1, -0.05) is 13.0 Å². The van der Waals surface area contributed by atoms with Crippen LogP contribution in [0.5, 0.6) is 0 Å². The molecule has 15 heteroatoms. The molecule has 4 atom stereocenters. The lowest BCUT2D eigenvalue weighted by atomic mass is 9.81. The summed E-state index contributed by atoms with van der Waals surface area (Å²) in [6, 6.07) is 3.46. The number of aromatic nitrogens is 2. The Labute approximate surface area is 290 Å². The minimum Gasteiger partial charge on any atom is -0.375 e. The van der Waals surface area contributed by atoms with E-state index in [4.69, 9.17) is 4.74 Å². The largest absolute Gasteiger partial charge is 0.375 e. The molecule has 2 aliphatic rings. The van der Waals surface area contributed by atoms with Crippen molar-refractivity contribution in [1.82, 2.24) is 30.2 Å². The van der Waals surface area contributed by atoms with Crippen molar-refractivity contribution in [1.29, 1.82) is 0 Å². The van der Waals surface area contributed by atoms with Crippen LogP contribution in [-0.2, 0) is 19.1 Å². The van der Waals surface area contributed by atoms with Gasteiger partial charge in [0.1, 0.15) is 30.2 Å². The first-order valence-corrected chi connectivity index (χ1v) is 17.0. The number of piperazine rings is 1. The van der Waals surface area contributed by atoms with E-state index < -0.39 is 53.5 Å². The fraction of sp³-hybridized carbons (Fsp3) is 0.571. The lowest BCUT2D eigenvalue weighted by Gasteiger charge is -2.40. The Bertz CT molecular complexity index is 1570. The van der Waals surface area contributed by atoms with Crippen molar-refractivity contribution in [2.75, 3.05) is 45.7 Å². The molecule has 2 heterocycles. The topological polar surface area (TPSA) is 138 Å². The molecule has 0 bridgehead atoms. The number of ether oxygens (including phenoxy) is 1. The maximum atomic E-state index is 15.7. The highest BCUT2D eigenvalue weighted by atomic mass is 19.3. The number of benzene rings is 1. The highest BCUT2D eigenvalue weighted by Gasteiger charge is 2.36. The molecule has 4 amide bonds. The van der Waals surface area contributed by atoms with Crippen molar-refractivity contribution in [3.63, 3.8) is 0 Å². The Kier molecular flexibility index (Phi) is 13.2. The maximum absolute atomic E-state index is 15.7. The van der Waals surface area contributed by atoms with Gasteiger partial charge in [-0.05, 0) is 88.8 Å². The van der Waals surface area contributed by atoms with Crippen LogP contribution < -0.4 is 16.0 Å². The van der Waals surface area contributed by atoms with Crippen molar-refractivity contribution < 1.29 is 37.1 Å². The summed E-state index contributed by atoms with van der Waals surface area (Å²) in [6.45, 7) is 8.76. The second-order valence-electron chi connectivity index (χ2n) is 13.5. The van der Waals surface area contributed by atoms with Gasteiger partial charge in [0.25, 0.3) is 12.0 Å². The summed E-state index contributed by atoms with van der Waals surface area (Å²) in [5.41, 5.74) is 0.493. The average Bonchev–Trinajstić information content (AvgIpc) is 3.59. The van der Waals surface area contributed by atoms with Gasteiger partial charge >= 0.3 is 0 Å². The van der Waals surface area contributed by atoms with E-state index in [1.807, 2.05) is 27.8 Å². The van der Waals surface area contributed by atoms with E-state index in [1.54, 1.807) is 17.9 Å². The molecule has 1 aliphatic heterocycles. The lowest BCUT2D eigenvalue weighted by molar-refractivity contribution is -0.140. The van der Waals surface area contributed by atoms with Crippen molar-refractivity contribution >= 4 is 29.3 Å². The zero-order valence-corrected chi connectivity index (χ0v) is 29.5. The molecule has 50 heavy (non-hydrogen) atoms. The lowest BCUT2D eigenvalue weighted by Crippen LogP contribution is -2.58. The summed E-state index contributed by atoms with van der Waals surface area (Å²) in [5.74, 6) is -3.99. The smallest absolute Gasteiger partial charge is 0.270 e. The molecule has 2 aromatic rings. The van der Waals surface area contributed by atoms with Gasteiger partial charge in [-0.2, -0.15) is 13.9 Å². The number of carbonyl (C=O) groups excluding carboxylic acids is 4. The Balaban J connectivity index is 1.55. The molecule has 1 saturated carbocycles. The van der Waals surface area contributed by atoms with Crippen LogP contribution in [0.1, 0.15) is 81.4 Å². The van der Waals surface area contributed by atoms with Gasteiger partial charge in [0, 0.05) is 50.9 Å². The number of hydrogen-bond donors (Lipinski definition) is 3. The normalized spacial score (nSPS) is 20.2. The zero-order chi connectivity index (χ0) is 36.7. The van der Waals surface area contributed by atoms with Crippen LogP contribution in [0.2, 0.25) is 0 Å². The van der Waals surface area contributed by atoms with E-state index in [0.717, 1.165) is 0 Å². The van der Waals surface area contributed by atoms with E-state index in [2.05, 4.69) is 25.9 Å². The first-order chi connectivity index (χ1) is 23.7. The summed E-state index contributed by atoms with van der Waals surface area (Å²) < 4.78 is 48.8. The van der Waals surface area contributed by atoms with Crippen LogP contribution in [0.4, 0.5) is 18.9 Å². The summed E-state index contributed by atoms with van der Waals surface area (Å²) >= 11 is 0. The van der Waals surface area contributed by atoms with Crippen LogP contribution in [0.25, 0.3) is 0 Å². The predicted octanol–water partition coefficient (Wildman–Crippen LogP) is 4.08. The Morgan fingerprint density at radius 2 is 1.74 bits per heavy atom. The van der Waals surface area contributed by atoms with Crippen LogP contribution >= 0.6 is 0 Å². The number of rotatable bonds is 12. The zero-order valence-electron chi connectivity index (χ0n) is 29.5. The van der Waals surface area contributed by atoms with E-state index in [9.17, 15) is 28.0 Å². The predicted molar refractivity (Wildman–Crippen MR) is 181 cm³/mol. The third-order valence-corrected chi connectivity index (χ3v) is 9.74. The number of amides is 4. The highest BCUT2D eigenvalue weighted by molar-refractivity contribution is 6.00. The molecule has 1 saturated heterocycles. The SMILES string of the molecule is COCC(=O)N[C@@H](C(=O)N1CCN(C)[C@H](C)C1)[C@@H](C)c1ccc(NC(=O)C(NC(=O)c2ccnn2C(C)C)C2CCC(=C(F)F)CC2)c(F)c1. The Hall–Kier alpha value is -4.24.